The molecule has 0 aliphatic rings. The molecular weight excluding hydrogens is 208 g/mol. The standard InChI is InChI=1S/C10H18N4S/c1-3-15-5-4-8(2)13-10-7-12-6-9(11)14-10/h6-8H,3-5H2,1-2H3,(H3,11,13,14). The third-order valence-electron chi connectivity index (χ3n) is 1.95. The molecule has 1 unspecified atom stereocenters. The number of nitrogens with one attached hydrogen (secondary N) is 1. The predicted octanol–water partition coefficient (Wildman–Crippen LogP) is 2.00. The van der Waals surface area contributed by atoms with Crippen LogP contribution in [0.4, 0.5) is 11.6 Å². The second kappa shape index (κ2) is 6.50. The van der Waals surface area contributed by atoms with Gasteiger partial charge in [0.2, 0.25) is 0 Å². The maximum absolute atomic E-state index is 5.54. The fourth-order valence-electron chi connectivity index (χ4n) is 1.18. The SMILES string of the molecule is CCSCCC(C)Nc1cncc(N)n1. The van der Waals surface area contributed by atoms with Crippen molar-refractivity contribution >= 4 is 23.4 Å². The average Bonchev–Trinajstić information content (AvgIpc) is 2.18. The van der Waals surface area contributed by atoms with E-state index >= 15 is 0 Å². The molecular formula is C10H18N4S. The molecule has 1 heterocycles. The van der Waals surface area contributed by atoms with Crippen LogP contribution < -0.4 is 11.1 Å². The van der Waals surface area contributed by atoms with Crippen molar-refractivity contribution in [3.05, 3.63) is 12.4 Å². The lowest BCUT2D eigenvalue weighted by molar-refractivity contribution is 0.765. The molecule has 3 N–H and O–H groups in total. The van der Waals surface area contributed by atoms with Crippen molar-refractivity contribution < 1.29 is 0 Å². The van der Waals surface area contributed by atoms with Crippen molar-refractivity contribution in [2.24, 2.45) is 0 Å². The summed E-state index contributed by atoms with van der Waals surface area (Å²) in [5.41, 5.74) is 5.54. The first kappa shape index (κ1) is 12.1. The van der Waals surface area contributed by atoms with Crippen molar-refractivity contribution in [2.45, 2.75) is 26.3 Å². The van der Waals surface area contributed by atoms with E-state index in [4.69, 9.17) is 5.73 Å². The Labute approximate surface area is 95.1 Å². The van der Waals surface area contributed by atoms with E-state index in [1.54, 1.807) is 12.4 Å². The Morgan fingerprint density at radius 1 is 1.53 bits per heavy atom. The van der Waals surface area contributed by atoms with Crippen LogP contribution in [-0.2, 0) is 0 Å². The Hall–Kier alpha value is -0.970. The van der Waals surface area contributed by atoms with E-state index < -0.39 is 0 Å². The van der Waals surface area contributed by atoms with E-state index in [0.29, 0.717) is 11.9 Å². The summed E-state index contributed by atoms with van der Waals surface area (Å²) in [5, 5.41) is 3.27. The number of nitrogens with two attached hydrogens (primary N) is 1. The molecule has 0 amide bonds. The zero-order chi connectivity index (χ0) is 11.1. The number of nitrogen functional groups attached to an aromatic ring is 1. The zero-order valence-electron chi connectivity index (χ0n) is 9.23. The van der Waals surface area contributed by atoms with E-state index in [9.17, 15) is 0 Å². The van der Waals surface area contributed by atoms with Gasteiger partial charge >= 0.3 is 0 Å². The number of rotatable bonds is 6. The van der Waals surface area contributed by atoms with Crippen LogP contribution in [0.2, 0.25) is 0 Å². The number of nitrogens with zero attached hydrogens (tertiary/aromatic N) is 2. The Balaban J connectivity index is 2.34. The van der Waals surface area contributed by atoms with Crippen molar-refractivity contribution in [3.63, 3.8) is 0 Å². The molecule has 1 aromatic rings. The van der Waals surface area contributed by atoms with Crippen LogP contribution in [0.1, 0.15) is 20.3 Å². The molecule has 0 saturated carbocycles. The lowest BCUT2D eigenvalue weighted by Gasteiger charge is -2.13. The van der Waals surface area contributed by atoms with Gasteiger partial charge in [-0.3, -0.25) is 4.98 Å². The molecule has 4 nitrogen and oxygen atoms in total. The fraction of sp³-hybridized carbons (Fsp3) is 0.600. The molecule has 0 bridgehead atoms. The van der Waals surface area contributed by atoms with Gasteiger partial charge < -0.3 is 11.1 Å². The molecule has 0 saturated heterocycles. The van der Waals surface area contributed by atoms with Crippen LogP contribution in [0.5, 0.6) is 0 Å². The highest BCUT2D eigenvalue weighted by molar-refractivity contribution is 7.99. The Kier molecular flexibility index (Phi) is 5.25. The first-order valence-electron chi connectivity index (χ1n) is 5.14. The van der Waals surface area contributed by atoms with Crippen LogP contribution in [0.3, 0.4) is 0 Å². The Morgan fingerprint density at radius 3 is 3.00 bits per heavy atom. The first-order valence-corrected chi connectivity index (χ1v) is 6.29. The minimum Gasteiger partial charge on any atom is -0.382 e. The summed E-state index contributed by atoms with van der Waals surface area (Å²) in [6.07, 6.45) is 4.36. The summed E-state index contributed by atoms with van der Waals surface area (Å²) in [6.45, 7) is 4.31. The maximum atomic E-state index is 5.54. The number of anilines is 2. The number of thioether (sulfide) groups is 1. The van der Waals surface area contributed by atoms with Gasteiger partial charge in [0.1, 0.15) is 11.6 Å². The zero-order valence-corrected chi connectivity index (χ0v) is 10.0. The summed E-state index contributed by atoms with van der Waals surface area (Å²) >= 11 is 1.95. The van der Waals surface area contributed by atoms with Crippen LogP contribution in [0.25, 0.3) is 0 Å². The molecule has 0 aromatic carbocycles. The highest BCUT2D eigenvalue weighted by atomic mass is 32.2. The van der Waals surface area contributed by atoms with Crippen LogP contribution in [0.15, 0.2) is 12.4 Å². The first-order chi connectivity index (χ1) is 7.22. The molecule has 1 aromatic heterocycles. The summed E-state index contributed by atoms with van der Waals surface area (Å²) in [4.78, 5) is 8.12. The minimum absolute atomic E-state index is 0.403. The summed E-state index contributed by atoms with van der Waals surface area (Å²) < 4.78 is 0. The summed E-state index contributed by atoms with van der Waals surface area (Å²) in [7, 11) is 0. The fourth-order valence-corrected chi connectivity index (χ4v) is 1.99. The topological polar surface area (TPSA) is 63.8 Å². The van der Waals surface area contributed by atoms with Crippen molar-refractivity contribution in [1.29, 1.82) is 0 Å². The molecule has 0 aliphatic carbocycles. The van der Waals surface area contributed by atoms with Crippen molar-refractivity contribution in [3.8, 4) is 0 Å². The number of aromatic nitrogens is 2. The van der Waals surface area contributed by atoms with E-state index in [-0.39, 0.29) is 0 Å². The molecule has 84 valence electrons. The van der Waals surface area contributed by atoms with E-state index in [1.807, 2.05) is 11.8 Å². The predicted molar refractivity (Wildman–Crippen MR) is 67.1 cm³/mol. The number of hydrogen-bond donors (Lipinski definition) is 2. The molecule has 0 radical (unpaired) electrons. The van der Waals surface area contributed by atoms with Gasteiger partial charge in [-0.1, -0.05) is 6.92 Å². The Bertz CT molecular complexity index is 293. The van der Waals surface area contributed by atoms with E-state index in [1.165, 1.54) is 11.5 Å². The highest BCUT2D eigenvalue weighted by Crippen LogP contribution is 2.09. The van der Waals surface area contributed by atoms with E-state index in [2.05, 4.69) is 29.1 Å². The molecule has 1 rings (SSSR count). The van der Waals surface area contributed by atoms with Gasteiger partial charge in [0.25, 0.3) is 0 Å². The average molecular weight is 226 g/mol. The van der Waals surface area contributed by atoms with Crippen molar-refractivity contribution in [2.75, 3.05) is 22.6 Å². The molecule has 1 atom stereocenters. The van der Waals surface area contributed by atoms with Gasteiger partial charge in [-0.05, 0) is 24.9 Å². The Morgan fingerprint density at radius 2 is 2.33 bits per heavy atom. The molecule has 15 heavy (non-hydrogen) atoms. The monoisotopic (exact) mass is 226 g/mol. The smallest absolute Gasteiger partial charge is 0.147 e. The third-order valence-corrected chi connectivity index (χ3v) is 2.88. The normalized spacial score (nSPS) is 12.4. The van der Waals surface area contributed by atoms with Crippen LogP contribution in [-0.4, -0.2) is 27.5 Å². The van der Waals surface area contributed by atoms with E-state index in [0.717, 1.165) is 12.2 Å². The van der Waals surface area contributed by atoms with Crippen LogP contribution >= 0.6 is 11.8 Å². The number of hydrogen-bond acceptors (Lipinski definition) is 5. The molecule has 0 aliphatic heterocycles. The third kappa shape index (κ3) is 4.88. The lowest BCUT2D eigenvalue weighted by Crippen LogP contribution is -2.17. The maximum Gasteiger partial charge on any atom is 0.147 e. The van der Waals surface area contributed by atoms with Crippen LogP contribution in [0, 0.1) is 0 Å². The quantitative estimate of drug-likeness (QED) is 0.726. The molecule has 0 spiro atoms. The second-order valence-electron chi connectivity index (χ2n) is 3.36. The molecule has 5 heteroatoms. The second-order valence-corrected chi connectivity index (χ2v) is 4.75. The molecule has 0 fully saturated rings. The highest BCUT2D eigenvalue weighted by Gasteiger charge is 2.02. The van der Waals surface area contributed by atoms with Gasteiger partial charge in [0, 0.05) is 6.04 Å². The van der Waals surface area contributed by atoms with Gasteiger partial charge in [-0.2, -0.15) is 11.8 Å². The minimum atomic E-state index is 0.403. The lowest BCUT2D eigenvalue weighted by atomic mass is 10.2. The van der Waals surface area contributed by atoms with Crippen molar-refractivity contribution in [1.82, 2.24) is 9.97 Å². The van der Waals surface area contributed by atoms with Gasteiger partial charge in [0.05, 0.1) is 12.4 Å². The summed E-state index contributed by atoms with van der Waals surface area (Å²) in [5.74, 6) is 3.55. The largest absolute Gasteiger partial charge is 0.382 e. The van der Waals surface area contributed by atoms with Gasteiger partial charge in [-0.25, -0.2) is 4.98 Å². The van der Waals surface area contributed by atoms with Gasteiger partial charge in [-0.15, -0.1) is 0 Å². The van der Waals surface area contributed by atoms with Gasteiger partial charge in [0.15, 0.2) is 0 Å². The summed E-state index contributed by atoms with van der Waals surface area (Å²) in [6, 6.07) is 0.403.